The van der Waals surface area contributed by atoms with Crippen molar-refractivity contribution in [3.63, 3.8) is 0 Å². The third-order valence-corrected chi connectivity index (χ3v) is 3.79. The molecule has 0 aromatic heterocycles. The predicted octanol–water partition coefficient (Wildman–Crippen LogP) is 3.24. The summed E-state index contributed by atoms with van der Waals surface area (Å²) in [6.45, 7) is 3.57. The lowest BCUT2D eigenvalue weighted by Gasteiger charge is -2.32. The van der Waals surface area contributed by atoms with Crippen LogP contribution < -0.4 is 5.32 Å². The molecular formula is C15H18ClN3O2. The molecule has 21 heavy (non-hydrogen) atoms. The molecule has 0 bridgehead atoms. The number of ether oxygens (including phenoxy) is 1. The molecule has 1 aromatic rings. The molecule has 5 nitrogen and oxygen atoms in total. The Kier molecular flexibility index (Phi) is 5.29. The fraction of sp³-hybridized carbons (Fsp3) is 0.467. The van der Waals surface area contributed by atoms with Gasteiger partial charge in [0.25, 0.3) is 0 Å². The minimum Gasteiger partial charge on any atom is -0.450 e. The standard InChI is InChI=1S/C15H18ClN3O2/c1-2-21-15(20)19-7-5-12(6-8-19)18-13-4-3-11(10-17)14(16)9-13/h3-4,9,12,18H,2,5-8H2,1H3. The molecule has 1 aromatic carbocycles. The quantitative estimate of drug-likeness (QED) is 0.931. The molecule has 1 amide bonds. The van der Waals surface area contributed by atoms with E-state index >= 15 is 0 Å². The van der Waals surface area contributed by atoms with Gasteiger partial charge in [-0.15, -0.1) is 0 Å². The van der Waals surface area contributed by atoms with Crippen molar-refractivity contribution in [1.82, 2.24) is 4.90 Å². The number of hydrogen-bond donors (Lipinski definition) is 1. The Balaban J connectivity index is 1.88. The first-order valence-corrected chi connectivity index (χ1v) is 7.39. The number of carbonyl (C=O) groups is 1. The van der Waals surface area contributed by atoms with Gasteiger partial charge in [0.1, 0.15) is 6.07 Å². The van der Waals surface area contributed by atoms with Crippen molar-refractivity contribution in [2.75, 3.05) is 25.0 Å². The van der Waals surface area contributed by atoms with E-state index in [4.69, 9.17) is 21.6 Å². The van der Waals surface area contributed by atoms with Crippen LogP contribution in [-0.4, -0.2) is 36.7 Å². The van der Waals surface area contributed by atoms with Gasteiger partial charge in [0.05, 0.1) is 17.2 Å². The van der Waals surface area contributed by atoms with E-state index in [1.54, 1.807) is 24.0 Å². The first-order chi connectivity index (χ1) is 10.1. The molecule has 1 aliphatic heterocycles. The van der Waals surface area contributed by atoms with Crippen molar-refractivity contribution in [3.8, 4) is 6.07 Å². The summed E-state index contributed by atoms with van der Waals surface area (Å²) in [4.78, 5) is 13.3. The predicted molar refractivity (Wildman–Crippen MR) is 81.4 cm³/mol. The van der Waals surface area contributed by atoms with Gasteiger partial charge < -0.3 is 15.0 Å². The smallest absolute Gasteiger partial charge is 0.409 e. The average molecular weight is 308 g/mol. The van der Waals surface area contributed by atoms with E-state index in [2.05, 4.69) is 5.32 Å². The van der Waals surface area contributed by atoms with E-state index in [1.807, 2.05) is 12.1 Å². The van der Waals surface area contributed by atoms with Gasteiger partial charge in [0.15, 0.2) is 0 Å². The number of nitrogens with zero attached hydrogens (tertiary/aromatic N) is 2. The van der Waals surface area contributed by atoms with Crippen LogP contribution in [0.25, 0.3) is 0 Å². The van der Waals surface area contributed by atoms with Crippen LogP contribution >= 0.6 is 11.6 Å². The Bertz CT molecular complexity index is 548. The number of benzene rings is 1. The largest absolute Gasteiger partial charge is 0.450 e. The summed E-state index contributed by atoms with van der Waals surface area (Å²) in [7, 11) is 0. The number of piperidine rings is 1. The molecule has 0 atom stereocenters. The van der Waals surface area contributed by atoms with Gasteiger partial charge >= 0.3 is 6.09 Å². The molecule has 1 saturated heterocycles. The highest BCUT2D eigenvalue weighted by Crippen LogP contribution is 2.23. The highest BCUT2D eigenvalue weighted by molar-refractivity contribution is 6.32. The number of nitrogens with one attached hydrogen (secondary N) is 1. The first-order valence-electron chi connectivity index (χ1n) is 7.02. The second kappa shape index (κ2) is 7.19. The van der Waals surface area contributed by atoms with Gasteiger partial charge in [0.2, 0.25) is 0 Å². The maximum atomic E-state index is 11.6. The Hall–Kier alpha value is -1.93. The van der Waals surface area contributed by atoms with E-state index in [-0.39, 0.29) is 6.09 Å². The molecule has 1 fully saturated rings. The molecule has 0 spiro atoms. The number of anilines is 1. The molecule has 1 aliphatic rings. The Morgan fingerprint density at radius 2 is 2.24 bits per heavy atom. The van der Waals surface area contributed by atoms with E-state index in [0.29, 0.717) is 36.3 Å². The number of nitriles is 1. The number of halogens is 1. The average Bonchev–Trinajstić information content (AvgIpc) is 2.48. The zero-order valence-electron chi connectivity index (χ0n) is 11.9. The molecule has 0 saturated carbocycles. The van der Waals surface area contributed by atoms with Crippen LogP contribution in [0.5, 0.6) is 0 Å². The Morgan fingerprint density at radius 3 is 2.81 bits per heavy atom. The van der Waals surface area contributed by atoms with Gasteiger partial charge in [-0.25, -0.2) is 4.79 Å². The topological polar surface area (TPSA) is 65.4 Å². The zero-order valence-corrected chi connectivity index (χ0v) is 12.7. The summed E-state index contributed by atoms with van der Waals surface area (Å²) >= 11 is 6.01. The van der Waals surface area contributed by atoms with Crippen molar-refractivity contribution in [2.45, 2.75) is 25.8 Å². The molecule has 112 valence electrons. The monoisotopic (exact) mass is 307 g/mol. The zero-order chi connectivity index (χ0) is 15.2. The van der Waals surface area contributed by atoms with E-state index < -0.39 is 0 Å². The summed E-state index contributed by atoms with van der Waals surface area (Å²) in [5.41, 5.74) is 1.37. The molecule has 1 heterocycles. The number of carbonyl (C=O) groups excluding carboxylic acids is 1. The van der Waals surface area contributed by atoms with Crippen LogP contribution in [0.4, 0.5) is 10.5 Å². The SMILES string of the molecule is CCOC(=O)N1CCC(Nc2ccc(C#N)c(Cl)c2)CC1. The van der Waals surface area contributed by atoms with Gasteiger partial charge in [-0.3, -0.25) is 0 Å². The number of hydrogen-bond acceptors (Lipinski definition) is 4. The lowest BCUT2D eigenvalue weighted by atomic mass is 10.0. The van der Waals surface area contributed by atoms with Crippen LogP contribution in [-0.2, 0) is 4.74 Å². The normalized spacial score (nSPS) is 15.4. The highest BCUT2D eigenvalue weighted by Gasteiger charge is 2.23. The third kappa shape index (κ3) is 4.02. The fourth-order valence-electron chi connectivity index (χ4n) is 2.35. The van der Waals surface area contributed by atoms with Crippen molar-refractivity contribution >= 4 is 23.4 Å². The van der Waals surface area contributed by atoms with Gasteiger partial charge in [0, 0.05) is 24.8 Å². The van der Waals surface area contributed by atoms with E-state index in [1.165, 1.54) is 0 Å². The molecule has 2 rings (SSSR count). The second-order valence-electron chi connectivity index (χ2n) is 4.91. The van der Waals surface area contributed by atoms with Gasteiger partial charge in [-0.05, 0) is 38.0 Å². The van der Waals surface area contributed by atoms with Crippen LogP contribution in [0.15, 0.2) is 18.2 Å². The minimum atomic E-state index is -0.239. The van der Waals surface area contributed by atoms with E-state index in [9.17, 15) is 4.79 Å². The number of rotatable bonds is 3. The summed E-state index contributed by atoms with van der Waals surface area (Å²) in [6, 6.07) is 7.65. The molecular weight excluding hydrogens is 290 g/mol. The van der Waals surface area contributed by atoms with Crippen molar-refractivity contribution < 1.29 is 9.53 Å². The lowest BCUT2D eigenvalue weighted by Crippen LogP contribution is -2.42. The molecule has 0 aliphatic carbocycles. The molecule has 0 unspecified atom stereocenters. The van der Waals surface area contributed by atoms with Crippen molar-refractivity contribution in [2.24, 2.45) is 0 Å². The number of amides is 1. The highest BCUT2D eigenvalue weighted by atomic mass is 35.5. The molecule has 1 N–H and O–H groups in total. The third-order valence-electron chi connectivity index (χ3n) is 3.48. The fourth-order valence-corrected chi connectivity index (χ4v) is 2.58. The summed E-state index contributed by atoms with van der Waals surface area (Å²) in [5.74, 6) is 0. The van der Waals surface area contributed by atoms with Crippen molar-refractivity contribution in [1.29, 1.82) is 5.26 Å². The van der Waals surface area contributed by atoms with Gasteiger partial charge in [-0.1, -0.05) is 11.6 Å². The maximum absolute atomic E-state index is 11.6. The van der Waals surface area contributed by atoms with Crippen LogP contribution in [0.3, 0.4) is 0 Å². The van der Waals surface area contributed by atoms with Crippen LogP contribution in [0.1, 0.15) is 25.3 Å². The van der Waals surface area contributed by atoms with Gasteiger partial charge in [-0.2, -0.15) is 5.26 Å². The summed E-state index contributed by atoms with van der Waals surface area (Å²) in [6.07, 6.45) is 1.48. The molecule has 0 radical (unpaired) electrons. The van der Waals surface area contributed by atoms with Crippen LogP contribution in [0.2, 0.25) is 5.02 Å². The van der Waals surface area contributed by atoms with Crippen molar-refractivity contribution in [3.05, 3.63) is 28.8 Å². The minimum absolute atomic E-state index is 0.239. The maximum Gasteiger partial charge on any atom is 0.409 e. The van der Waals surface area contributed by atoms with Crippen LogP contribution in [0, 0.1) is 11.3 Å². The lowest BCUT2D eigenvalue weighted by molar-refractivity contribution is 0.0983. The second-order valence-corrected chi connectivity index (χ2v) is 5.32. The first kappa shape index (κ1) is 15.5. The Morgan fingerprint density at radius 1 is 1.52 bits per heavy atom. The Labute approximate surface area is 129 Å². The number of likely N-dealkylation sites (tertiary alicyclic amines) is 1. The summed E-state index contributed by atoms with van der Waals surface area (Å²) in [5, 5.41) is 12.7. The van der Waals surface area contributed by atoms with E-state index in [0.717, 1.165) is 18.5 Å². The summed E-state index contributed by atoms with van der Waals surface area (Å²) < 4.78 is 4.99. The molecule has 6 heteroatoms.